The summed E-state index contributed by atoms with van der Waals surface area (Å²) < 4.78 is 12.6. The minimum atomic E-state index is -2.65. The lowest BCUT2D eigenvalue weighted by Crippen LogP contribution is -2.52. The highest BCUT2D eigenvalue weighted by atomic mass is 28.3. The normalized spacial score (nSPS) is 22.6. The molecule has 0 aromatic heterocycles. The second-order valence-corrected chi connectivity index (χ2v) is 20.8. The van der Waals surface area contributed by atoms with Gasteiger partial charge in [-0.25, -0.2) is 0 Å². The number of hydrogen-bond donors (Lipinski definition) is 3. The largest absolute Gasteiger partial charge is 0.497 e. The monoisotopic (exact) mass is 805 g/mol. The Labute approximate surface area is 339 Å². The lowest BCUT2D eigenvalue weighted by molar-refractivity contribution is -0.385. The summed E-state index contributed by atoms with van der Waals surface area (Å²) in [7, 11) is -1.04. The standard InChI is InChI=1S/C44H51N5O8Si/c1-29-41(58(3,4)35-19-17-34(56-2)18-20-35)39(26-40(51)47(23-24-50)27-30-9-6-5-7-10-30)57-44(29)36-25-33(49(54)55)16-21-38(36)48(43(44)53)28-31-12-14-32(15-13-31)46-42(52)37-11-8-22-45-37/h5-7,9-10,12-21,25,29,37,39,41,45,50H,8,11,22-24,26-28H2,1-4H3,(H,46,52)/t29-,37-,39+,41-,44+/m1/s1. The second kappa shape index (κ2) is 16.8. The van der Waals surface area contributed by atoms with Crippen molar-refractivity contribution in [1.29, 1.82) is 0 Å². The molecule has 3 N–H and O–H groups in total. The number of carbonyl (C=O) groups is 3. The molecule has 3 heterocycles. The summed E-state index contributed by atoms with van der Waals surface area (Å²) in [6, 6.07) is 29.0. The maximum atomic E-state index is 15.3. The molecule has 3 amide bonds. The first-order valence-electron chi connectivity index (χ1n) is 19.9. The molecule has 304 valence electrons. The third kappa shape index (κ3) is 7.76. The summed E-state index contributed by atoms with van der Waals surface area (Å²) in [6.45, 7) is 7.53. The van der Waals surface area contributed by atoms with E-state index in [0.717, 1.165) is 35.7 Å². The van der Waals surface area contributed by atoms with E-state index in [1.54, 1.807) is 35.1 Å². The summed E-state index contributed by atoms with van der Waals surface area (Å²) in [5.41, 5.74) is 1.15. The Bertz CT molecular complexity index is 2150. The Hall–Kier alpha value is -5.41. The van der Waals surface area contributed by atoms with E-state index in [4.69, 9.17) is 9.47 Å². The molecule has 0 saturated carbocycles. The maximum absolute atomic E-state index is 15.3. The number of amides is 3. The van der Waals surface area contributed by atoms with Crippen LogP contribution < -0.4 is 25.5 Å². The molecule has 14 heteroatoms. The first-order chi connectivity index (χ1) is 27.9. The highest BCUT2D eigenvalue weighted by Crippen LogP contribution is 2.60. The number of rotatable bonds is 14. The van der Waals surface area contributed by atoms with E-state index < -0.39 is 30.6 Å². The molecular formula is C44H51N5O8Si. The van der Waals surface area contributed by atoms with Gasteiger partial charge in [0.15, 0.2) is 5.60 Å². The van der Waals surface area contributed by atoms with Crippen molar-refractivity contribution >= 4 is 48.0 Å². The van der Waals surface area contributed by atoms with Crippen LogP contribution in [0.5, 0.6) is 5.75 Å². The van der Waals surface area contributed by atoms with Gasteiger partial charge < -0.3 is 35.0 Å². The highest BCUT2D eigenvalue weighted by molar-refractivity contribution is 6.91. The number of nitro groups is 1. The third-order valence-corrected chi connectivity index (χ3v) is 16.6. The van der Waals surface area contributed by atoms with Crippen molar-refractivity contribution in [3.63, 3.8) is 0 Å². The van der Waals surface area contributed by atoms with Crippen LogP contribution in [0.25, 0.3) is 0 Å². The Morgan fingerprint density at radius 2 is 1.78 bits per heavy atom. The molecule has 2 fully saturated rings. The Kier molecular flexibility index (Phi) is 11.8. The number of fused-ring (bicyclic) bond motifs is 2. The summed E-state index contributed by atoms with van der Waals surface area (Å²) in [5.74, 6) is -0.468. The number of carbonyl (C=O) groups excluding carboxylic acids is 3. The van der Waals surface area contributed by atoms with Crippen molar-refractivity contribution in [1.82, 2.24) is 10.2 Å². The summed E-state index contributed by atoms with van der Waals surface area (Å²) >= 11 is 0. The van der Waals surface area contributed by atoms with Crippen LogP contribution in [0.4, 0.5) is 17.1 Å². The minimum Gasteiger partial charge on any atom is -0.497 e. The molecule has 58 heavy (non-hydrogen) atoms. The predicted octanol–water partition coefficient (Wildman–Crippen LogP) is 5.47. The number of aliphatic hydroxyl groups excluding tert-OH is 1. The van der Waals surface area contributed by atoms with Crippen LogP contribution in [0.15, 0.2) is 97.1 Å². The summed E-state index contributed by atoms with van der Waals surface area (Å²) in [5, 5.41) is 29.5. The van der Waals surface area contributed by atoms with Gasteiger partial charge in [-0.3, -0.25) is 24.5 Å². The average Bonchev–Trinajstić information content (AvgIpc) is 3.93. The van der Waals surface area contributed by atoms with Gasteiger partial charge in [-0.1, -0.05) is 79.8 Å². The van der Waals surface area contributed by atoms with Gasteiger partial charge in [0.1, 0.15) is 5.75 Å². The van der Waals surface area contributed by atoms with Crippen molar-refractivity contribution < 1.29 is 33.9 Å². The minimum absolute atomic E-state index is 0.0583. The van der Waals surface area contributed by atoms with Crippen LogP contribution in [0, 0.1) is 16.0 Å². The zero-order valence-electron chi connectivity index (χ0n) is 33.4. The van der Waals surface area contributed by atoms with Crippen LogP contribution in [-0.4, -0.2) is 79.7 Å². The fraction of sp³-hybridized carbons (Fsp3) is 0.386. The number of nitro benzene ring substituents is 1. The second-order valence-electron chi connectivity index (χ2n) is 16.1. The van der Waals surface area contributed by atoms with Crippen LogP contribution >= 0.6 is 0 Å². The van der Waals surface area contributed by atoms with Gasteiger partial charge in [-0.05, 0) is 66.4 Å². The smallest absolute Gasteiger partial charge is 0.269 e. The first kappa shape index (κ1) is 40.8. The van der Waals surface area contributed by atoms with Gasteiger partial charge in [0.05, 0.1) is 57.5 Å². The Morgan fingerprint density at radius 3 is 2.41 bits per heavy atom. The quantitative estimate of drug-likeness (QED) is 0.0853. The molecule has 0 unspecified atom stereocenters. The number of anilines is 2. The van der Waals surface area contributed by atoms with Crippen LogP contribution in [0.3, 0.4) is 0 Å². The van der Waals surface area contributed by atoms with E-state index in [9.17, 15) is 24.8 Å². The van der Waals surface area contributed by atoms with E-state index in [0.29, 0.717) is 29.2 Å². The van der Waals surface area contributed by atoms with Crippen molar-refractivity contribution in [2.75, 3.05) is 37.0 Å². The summed E-state index contributed by atoms with van der Waals surface area (Å²) in [4.78, 5) is 57.4. The van der Waals surface area contributed by atoms with Crippen molar-refractivity contribution in [3.8, 4) is 5.75 Å². The molecule has 3 aliphatic rings. The zero-order valence-corrected chi connectivity index (χ0v) is 34.4. The van der Waals surface area contributed by atoms with E-state index in [2.05, 4.69) is 23.7 Å². The summed E-state index contributed by atoms with van der Waals surface area (Å²) in [6.07, 6.45) is 0.934. The molecule has 0 bridgehead atoms. The number of benzene rings is 4. The van der Waals surface area contributed by atoms with E-state index >= 15 is 4.79 Å². The Morgan fingerprint density at radius 1 is 1.05 bits per heavy atom. The number of nitrogens with zero attached hydrogens (tertiary/aromatic N) is 3. The van der Waals surface area contributed by atoms with E-state index in [1.807, 2.05) is 73.7 Å². The van der Waals surface area contributed by atoms with Crippen LogP contribution in [0.1, 0.15) is 42.9 Å². The molecule has 4 aromatic carbocycles. The van der Waals surface area contributed by atoms with E-state index in [-0.39, 0.29) is 61.1 Å². The lowest BCUT2D eigenvalue weighted by Gasteiger charge is -2.37. The van der Waals surface area contributed by atoms with E-state index in [1.165, 1.54) is 12.1 Å². The number of non-ortho nitro benzene ring substituents is 1. The first-order valence-corrected chi connectivity index (χ1v) is 22.9. The fourth-order valence-corrected chi connectivity index (χ4v) is 13.3. The van der Waals surface area contributed by atoms with Crippen molar-refractivity contribution in [2.24, 2.45) is 5.92 Å². The maximum Gasteiger partial charge on any atom is 0.269 e. The van der Waals surface area contributed by atoms with Crippen LogP contribution in [0.2, 0.25) is 18.6 Å². The topological polar surface area (TPSA) is 164 Å². The molecule has 0 radical (unpaired) electrons. The number of ether oxygens (including phenoxy) is 2. The number of aliphatic hydroxyl groups is 1. The number of hydrogen-bond acceptors (Lipinski definition) is 9. The zero-order chi connectivity index (χ0) is 41.2. The number of nitrogens with one attached hydrogen (secondary N) is 2. The molecular weight excluding hydrogens is 755 g/mol. The predicted molar refractivity (Wildman–Crippen MR) is 224 cm³/mol. The van der Waals surface area contributed by atoms with Gasteiger partial charge in [0, 0.05) is 42.4 Å². The van der Waals surface area contributed by atoms with Crippen molar-refractivity contribution in [2.45, 2.75) is 75.7 Å². The molecule has 0 aliphatic carbocycles. The SMILES string of the molecule is COc1ccc([Si](C)(C)[C@H]2[C@H](CC(=O)N(CCO)Cc3ccccc3)O[C@@]3(C(=O)N(Cc4ccc(NC(=O)[C@H]5CCCN5)cc4)c4ccc([N+](=O)[O-])cc43)[C@@H]2C)cc1. The van der Waals surface area contributed by atoms with Crippen molar-refractivity contribution in [3.05, 3.63) is 124 Å². The highest BCUT2D eigenvalue weighted by Gasteiger charge is 2.66. The van der Waals surface area contributed by atoms with Gasteiger partial charge in [0.25, 0.3) is 11.6 Å². The van der Waals surface area contributed by atoms with Gasteiger partial charge in [-0.2, -0.15) is 0 Å². The lowest BCUT2D eigenvalue weighted by atomic mass is 9.82. The molecule has 5 atom stereocenters. The number of methoxy groups -OCH3 is 1. The molecule has 1 spiro atoms. The molecule has 7 rings (SSSR count). The van der Waals surface area contributed by atoms with Gasteiger partial charge in [-0.15, -0.1) is 0 Å². The average molecular weight is 806 g/mol. The Balaban J connectivity index is 1.26. The molecule has 13 nitrogen and oxygen atoms in total. The van der Waals surface area contributed by atoms with Gasteiger partial charge >= 0.3 is 0 Å². The molecule has 2 saturated heterocycles. The third-order valence-electron chi connectivity index (χ3n) is 12.3. The van der Waals surface area contributed by atoms with Crippen LogP contribution in [-0.2, 0) is 37.8 Å². The fourth-order valence-electron chi connectivity index (χ4n) is 9.30. The van der Waals surface area contributed by atoms with Gasteiger partial charge in [0.2, 0.25) is 11.8 Å². The molecule has 4 aromatic rings. The molecule has 3 aliphatic heterocycles.